The standard InChI is InChI=1S/C21H22N2O3S/c1-3-15(2)16-8-11-18(12-9-16)27(25,26)23-22-14-20-19-7-5-4-6-17(19)10-13-21(20)24/h4-15,23-24H,3H2,1-2H3/b22-14-/t15-/m1/s1. The molecule has 1 atom stereocenters. The topological polar surface area (TPSA) is 78.8 Å². The molecule has 3 aromatic carbocycles. The quantitative estimate of drug-likeness (QED) is 0.491. The summed E-state index contributed by atoms with van der Waals surface area (Å²) in [6.45, 7) is 4.19. The van der Waals surface area contributed by atoms with E-state index in [0.29, 0.717) is 11.5 Å². The smallest absolute Gasteiger partial charge is 0.276 e. The fourth-order valence-electron chi connectivity index (χ4n) is 2.84. The largest absolute Gasteiger partial charge is 0.507 e. The molecule has 0 aromatic heterocycles. The van der Waals surface area contributed by atoms with E-state index in [9.17, 15) is 13.5 Å². The predicted octanol–water partition coefficient (Wildman–Crippen LogP) is 4.37. The average molecular weight is 382 g/mol. The van der Waals surface area contributed by atoms with E-state index in [-0.39, 0.29) is 10.6 Å². The molecule has 0 saturated heterocycles. The van der Waals surface area contributed by atoms with Gasteiger partial charge in [0, 0.05) is 5.56 Å². The Morgan fingerprint density at radius 1 is 1.07 bits per heavy atom. The molecule has 5 nitrogen and oxygen atoms in total. The van der Waals surface area contributed by atoms with Crippen LogP contribution in [0, 0.1) is 0 Å². The van der Waals surface area contributed by atoms with Gasteiger partial charge in [0.2, 0.25) is 0 Å². The van der Waals surface area contributed by atoms with E-state index in [1.807, 2.05) is 36.4 Å². The summed E-state index contributed by atoms with van der Waals surface area (Å²) in [6, 6.07) is 17.7. The minimum absolute atomic E-state index is 0.0366. The van der Waals surface area contributed by atoms with Crippen LogP contribution in [0.5, 0.6) is 5.75 Å². The summed E-state index contributed by atoms with van der Waals surface area (Å²) in [6.07, 6.45) is 2.31. The molecular weight excluding hydrogens is 360 g/mol. The number of hydrazone groups is 1. The normalized spacial score (nSPS) is 13.1. The third kappa shape index (κ3) is 4.11. The van der Waals surface area contributed by atoms with Crippen molar-refractivity contribution < 1.29 is 13.5 Å². The Morgan fingerprint density at radius 3 is 2.48 bits per heavy atom. The van der Waals surface area contributed by atoms with Crippen molar-refractivity contribution in [1.29, 1.82) is 0 Å². The highest BCUT2D eigenvalue weighted by molar-refractivity contribution is 7.89. The summed E-state index contributed by atoms with van der Waals surface area (Å²) in [5.41, 5.74) is 1.56. The monoisotopic (exact) mass is 382 g/mol. The lowest BCUT2D eigenvalue weighted by molar-refractivity contribution is 0.475. The fourth-order valence-corrected chi connectivity index (χ4v) is 3.64. The number of aromatic hydroxyl groups is 1. The maximum absolute atomic E-state index is 12.4. The number of phenols is 1. The molecular formula is C21H22N2O3S. The Morgan fingerprint density at radius 2 is 1.78 bits per heavy atom. The molecule has 0 fully saturated rings. The van der Waals surface area contributed by atoms with Gasteiger partial charge in [-0.1, -0.05) is 56.3 Å². The van der Waals surface area contributed by atoms with Crippen LogP contribution < -0.4 is 4.83 Å². The summed E-state index contributed by atoms with van der Waals surface area (Å²) in [5, 5.41) is 15.7. The molecule has 0 aliphatic rings. The summed E-state index contributed by atoms with van der Waals surface area (Å²) >= 11 is 0. The van der Waals surface area contributed by atoms with Gasteiger partial charge in [0.05, 0.1) is 11.1 Å². The molecule has 0 spiro atoms. The van der Waals surface area contributed by atoms with E-state index in [1.54, 1.807) is 24.3 Å². The molecule has 2 N–H and O–H groups in total. The molecule has 140 valence electrons. The van der Waals surface area contributed by atoms with E-state index in [2.05, 4.69) is 23.8 Å². The van der Waals surface area contributed by atoms with Gasteiger partial charge >= 0.3 is 0 Å². The van der Waals surface area contributed by atoms with E-state index in [4.69, 9.17) is 0 Å². The average Bonchev–Trinajstić information content (AvgIpc) is 2.69. The zero-order valence-electron chi connectivity index (χ0n) is 15.3. The van der Waals surface area contributed by atoms with Crippen molar-refractivity contribution in [2.75, 3.05) is 0 Å². The highest BCUT2D eigenvalue weighted by Crippen LogP contribution is 2.25. The van der Waals surface area contributed by atoms with Gasteiger partial charge in [0.15, 0.2) is 0 Å². The molecule has 0 aliphatic carbocycles. The fraction of sp³-hybridized carbons (Fsp3) is 0.190. The summed E-state index contributed by atoms with van der Waals surface area (Å²) in [7, 11) is -3.78. The van der Waals surface area contributed by atoms with Crippen molar-refractivity contribution in [3.8, 4) is 5.75 Å². The summed E-state index contributed by atoms with van der Waals surface area (Å²) in [4.78, 5) is 2.36. The maximum atomic E-state index is 12.4. The van der Waals surface area contributed by atoms with E-state index in [0.717, 1.165) is 22.8 Å². The summed E-state index contributed by atoms with van der Waals surface area (Å²) < 4.78 is 24.9. The molecule has 0 amide bonds. The van der Waals surface area contributed by atoms with E-state index >= 15 is 0 Å². The molecule has 6 heteroatoms. The molecule has 0 bridgehead atoms. The van der Waals surface area contributed by atoms with Gasteiger partial charge in [0.25, 0.3) is 10.0 Å². The third-order valence-electron chi connectivity index (χ3n) is 4.69. The molecule has 3 rings (SSSR count). The van der Waals surface area contributed by atoms with Crippen LogP contribution in [0.25, 0.3) is 10.8 Å². The first-order valence-electron chi connectivity index (χ1n) is 8.78. The molecule has 0 radical (unpaired) electrons. The Kier molecular flexibility index (Phi) is 5.46. The summed E-state index contributed by atoms with van der Waals surface area (Å²) in [5.74, 6) is 0.414. The van der Waals surface area contributed by atoms with Crippen LogP contribution in [0.3, 0.4) is 0 Å². The number of nitrogens with zero attached hydrogens (tertiary/aromatic N) is 1. The van der Waals surface area contributed by atoms with Crippen molar-refractivity contribution >= 4 is 27.0 Å². The van der Waals surface area contributed by atoms with Crippen molar-refractivity contribution in [3.63, 3.8) is 0 Å². The van der Waals surface area contributed by atoms with Crippen LogP contribution in [0.15, 0.2) is 70.7 Å². The number of hydrogen-bond acceptors (Lipinski definition) is 4. The number of phenolic OH excluding ortho intramolecular Hbond substituents is 1. The second-order valence-electron chi connectivity index (χ2n) is 6.45. The second-order valence-corrected chi connectivity index (χ2v) is 8.11. The van der Waals surface area contributed by atoms with Gasteiger partial charge in [-0.25, -0.2) is 4.83 Å². The number of benzene rings is 3. The van der Waals surface area contributed by atoms with Gasteiger partial charge in [-0.3, -0.25) is 0 Å². The second kappa shape index (κ2) is 7.80. The maximum Gasteiger partial charge on any atom is 0.276 e. The first kappa shape index (κ1) is 18.9. The molecule has 0 unspecified atom stereocenters. The van der Waals surface area contributed by atoms with Crippen LogP contribution in [-0.4, -0.2) is 19.7 Å². The van der Waals surface area contributed by atoms with Crippen LogP contribution in [0.2, 0.25) is 0 Å². The highest BCUT2D eigenvalue weighted by Gasteiger charge is 2.13. The molecule has 27 heavy (non-hydrogen) atoms. The molecule has 0 heterocycles. The lowest BCUT2D eigenvalue weighted by Crippen LogP contribution is -2.18. The van der Waals surface area contributed by atoms with Crippen LogP contribution in [0.4, 0.5) is 0 Å². The van der Waals surface area contributed by atoms with Crippen molar-refractivity contribution in [2.45, 2.75) is 31.1 Å². The number of fused-ring (bicyclic) bond motifs is 1. The lowest BCUT2D eigenvalue weighted by Gasteiger charge is -2.10. The van der Waals surface area contributed by atoms with Crippen molar-refractivity contribution in [1.82, 2.24) is 4.83 Å². The molecule has 3 aromatic rings. The van der Waals surface area contributed by atoms with Gasteiger partial charge in [-0.15, -0.1) is 0 Å². The number of sulfonamides is 1. The van der Waals surface area contributed by atoms with Gasteiger partial charge in [0.1, 0.15) is 5.75 Å². The first-order chi connectivity index (χ1) is 12.9. The highest BCUT2D eigenvalue weighted by atomic mass is 32.2. The van der Waals surface area contributed by atoms with Gasteiger partial charge < -0.3 is 5.11 Å². The lowest BCUT2D eigenvalue weighted by atomic mass is 9.99. The number of rotatable bonds is 6. The minimum Gasteiger partial charge on any atom is -0.507 e. The third-order valence-corrected chi connectivity index (χ3v) is 5.92. The Balaban J connectivity index is 1.83. The number of hydrogen-bond donors (Lipinski definition) is 2. The van der Waals surface area contributed by atoms with Crippen molar-refractivity contribution in [2.24, 2.45) is 5.10 Å². The SMILES string of the molecule is CC[C@@H](C)c1ccc(S(=O)(=O)N/N=C\c2c(O)ccc3ccccc23)cc1. The zero-order chi connectivity index (χ0) is 19.4. The minimum atomic E-state index is -3.78. The van der Waals surface area contributed by atoms with Crippen LogP contribution >= 0.6 is 0 Å². The van der Waals surface area contributed by atoms with E-state index < -0.39 is 10.0 Å². The zero-order valence-corrected chi connectivity index (χ0v) is 16.1. The van der Waals surface area contributed by atoms with Crippen molar-refractivity contribution in [3.05, 3.63) is 71.8 Å². The van der Waals surface area contributed by atoms with E-state index in [1.165, 1.54) is 6.21 Å². The molecule has 0 aliphatic heterocycles. The predicted molar refractivity (Wildman–Crippen MR) is 109 cm³/mol. The van der Waals surface area contributed by atoms with Gasteiger partial charge in [-0.05, 0) is 46.9 Å². The number of nitrogens with one attached hydrogen (secondary N) is 1. The molecule has 0 saturated carbocycles. The Labute approximate surface area is 159 Å². The Bertz CT molecular complexity index is 1070. The first-order valence-corrected chi connectivity index (χ1v) is 10.3. The Hall–Kier alpha value is -2.86. The van der Waals surface area contributed by atoms with Crippen LogP contribution in [-0.2, 0) is 10.0 Å². The van der Waals surface area contributed by atoms with Gasteiger partial charge in [-0.2, -0.15) is 13.5 Å². The van der Waals surface area contributed by atoms with Crippen LogP contribution in [0.1, 0.15) is 37.3 Å².